The molecule has 1 atom stereocenters. The molecule has 5 rings (SSSR count). The van der Waals surface area contributed by atoms with Crippen molar-refractivity contribution in [3.05, 3.63) is 29.0 Å². The number of fused-ring (bicyclic) bond motifs is 4. The van der Waals surface area contributed by atoms with Crippen molar-refractivity contribution >= 4 is 38.3 Å². The number of anilines is 1. The van der Waals surface area contributed by atoms with Gasteiger partial charge in [-0.25, -0.2) is 14.4 Å². The van der Waals surface area contributed by atoms with Gasteiger partial charge in [0.25, 0.3) is 0 Å². The summed E-state index contributed by atoms with van der Waals surface area (Å²) in [7, 11) is 0. The molecule has 2 aliphatic rings. The molecule has 142 valence electrons. The van der Waals surface area contributed by atoms with E-state index >= 15 is 0 Å². The summed E-state index contributed by atoms with van der Waals surface area (Å²) in [4.78, 5) is 13.5. The van der Waals surface area contributed by atoms with Crippen LogP contribution in [0.3, 0.4) is 0 Å². The topological polar surface area (TPSA) is 32.3 Å². The molecule has 9 heteroatoms. The van der Waals surface area contributed by atoms with Crippen LogP contribution in [0.4, 0.5) is 23.4 Å². The predicted octanol–water partition coefficient (Wildman–Crippen LogP) is 4.29. The van der Waals surface area contributed by atoms with Gasteiger partial charge in [0.1, 0.15) is 11.3 Å². The minimum absolute atomic E-state index is 0.237. The monoisotopic (exact) mass is 396 g/mol. The molecule has 2 aliphatic heterocycles. The van der Waals surface area contributed by atoms with E-state index in [0.29, 0.717) is 27.5 Å². The van der Waals surface area contributed by atoms with E-state index in [0.717, 1.165) is 44.7 Å². The van der Waals surface area contributed by atoms with E-state index in [1.54, 1.807) is 5.51 Å². The summed E-state index contributed by atoms with van der Waals surface area (Å²) in [6.07, 6.45) is -2.43. The molecule has 0 saturated carbocycles. The predicted molar refractivity (Wildman–Crippen MR) is 96.7 cm³/mol. The van der Waals surface area contributed by atoms with Crippen molar-refractivity contribution in [3.8, 4) is 0 Å². The number of alkyl halides is 3. The number of halogens is 4. The third kappa shape index (κ3) is 2.75. The van der Waals surface area contributed by atoms with Crippen LogP contribution < -0.4 is 4.90 Å². The first kappa shape index (κ1) is 17.1. The summed E-state index contributed by atoms with van der Waals surface area (Å²) in [5, 5.41) is 0.296. The van der Waals surface area contributed by atoms with Crippen molar-refractivity contribution in [2.45, 2.75) is 25.1 Å². The Kier molecular flexibility index (Phi) is 3.80. The van der Waals surface area contributed by atoms with Crippen molar-refractivity contribution in [3.63, 3.8) is 0 Å². The Hall–Kier alpha value is -2.00. The molecule has 4 nitrogen and oxygen atoms in total. The highest BCUT2D eigenvalue weighted by Crippen LogP contribution is 2.39. The maximum absolute atomic E-state index is 14.1. The summed E-state index contributed by atoms with van der Waals surface area (Å²) in [6.45, 7) is 3.64. The van der Waals surface area contributed by atoms with Crippen LogP contribution in [0.2, 0.25) is 0 Å². The first-order valence-electron chi connectivity index (χ1n) is 8.84. The van der Waals surface area contributed by atoms with E-state index in [1.165, 1.54) is 17.8 Å². The second-order valence-electron chi connectivity index (χ2n) is 7.09. The SMILES string of the molecule is Fc1cc2nc(N3CCN4CCCC4C3)c3ncsc3c2cc1C(F)(F)F. The molecule has 4 heterocycles. The van der Waals surface area contributed by atoms with Gasteiger partial charge in [0.15, 0.2) is 5.82 Å². The number of nitrogens with zero attached hydrogens (tertiary/aromatic N) is 4. The van der Waals surface area contributed by atoms with E-state index in [4.69, 9.17) is 0 Å². The van der Waals surface area contributed by atoms with E-state index in [2.05, 4.69) is 19.8 Å². The second kappa shape index (κ2) is 6.00. The third-order valence-electron chi connectivity index (χ3n) is 5.53. The first-order chi connectivity index (χ1) is 12.9. The average Bonchev–Trinajstić information content (AvgIpc) is 3.28. The summed E-state index contributed by atoms with van der Waals surface area (Å²) in [5.41, 5.74) is 1.18. The Morgan fingerprint density at radius 3 is 2.81 bits per heavy atom. The smallest absolute Gasteiger partial charge is 0.352 e. The lowest BCUT2D eigenvalue weighted by atomic mass is 10.1. The number of aromatic nitrogens is 2. The lowest BCUT2D eigenvalue weighted by Gasteiger charge is -2.38. The molecular formula is C18H16F4N4S. The van der Waals surface area contributed by atoms with Crippen LogP contribution in [-0.4, -0.2) is 47.1 Å². The zero-order valence-corrected chi connectivity index (χ0v) is 15.1. The Bertz CT molecular complexity index is 1030. The number of hydrogen-bond donors (Lipinski definition) is 0. The number of rotatable bonds is 1. The Morgan fingerprint density at radius 1 is 1.15 bits per heavy atom. The van der Waals surface area contributed by atoms with Crippen LogP contribution in [0.5, 0.6) is 0 Å². The second-order valence-corrected chi connectivity index (χ2v) is 7.95. The van der Waals surface area contributed by atoms with Crippen molar-refractivity contribution < 1.29 is 17.6 Å². The van der Waals surface area contributed by atoms with E-state index in [-0.39, 0.29) is 5.52 Å². The fourth-order valence-corrected chi connectivity index (χ4v) is 5.03. The third-order valence-corrected chi connectivity index (χ3v) is 6.39. The molecule has 0 N–H and O–H groups in total. The van der Waals surface area contributed by atoms with Crippen LogP contribution >= 0.6 is 11.3 Å². The van der Waals surface area contributed by atoms with Crippen LogP contribution in [-0.2, 0) is 6.18 Å². The average molecular weight is 396 g/mol. The minimum Gasteiger partial charge on any atom is -0.352 e. The fourth-order valence-electron chi connectivity index (χ4n) is 4.22. The highest BCUT2D eigenvalue weighted by Gasteiger charge is 2.36. The molecule has 0 radical (unpaired) electrons. The molecule has 2 aromatic heterocycles. The van der Waals surface area contributed by atoms with Gasteiger partial charge < -0.3 is 4.90 Å². The first-order valence-corrected chi connectivity index (χ1v) is 9.72. The Labute approximate surface area is 156 Å². The standard InChI is InChI=1S/C18H16F4N4S/c19-13-7-14-11(6-12(13)18(20,21)22)16-15(23-9-27-16)17(24-14)26-5-4-25-3-1-2-10(25)8-26/h6-7,9-10H,1-5,8H2. The van der Waals surface area contributed by atoms with Gasteiger partial charge in [-0.05, 0) is 25.5 Å². The molecule has 0 bridgehead atoms. The quantitative estimate of drug-likeness (QED) is 0.575. The van der Waals surface area contributed by atoms with Gasteiger partial charge in [0.2, 0.25) is 0 Å². The van der Waals surface area contributed by atoms with E-state index < -0.39 is 17.6 Å². The van der Waals surface area contributed by atoms with Crippen molar-refractivity contribution in [1.82, 2.24) is 14.9 Å². The van der Waals surface area contributed by atoms with Crippen molar-refractivity contribution in [1.29, 1.82) is 0 Å². The van der Waals surface area contributed by atoms with Crippen LogP contribution in [0, 0.1) is 5.82 Å². The molecule has 2 saturated heterocycles. The maximum Gasteiger partial charge on any atom is 0.419 e. The molecule has 1 aromatic carbocycles. The van der Waals surface area contributed by atoms with Gasteiger partial charge in [-0.3, -0.25) is 4.90 Å². The largest absolute Gasteiger partial charge is 0.419 e. The van der Waals surface area contributed by atoms with Gasteiger partial charge in [0.05, 0.1) is 21.3 Å². The highest BCUT2D eigenvalue weighted by molar-refractivity contribution is 7.17. The van der Waals surface area contributed by atoms with Gasteiger partial charge in [-0.2, -0.15) is 13.2 Å². The molecule has 0 amide bonds. The maximum atomic E-state index is 14.1. The minimum atomic E-state index is -4.74. The Balaban J connectivity index is 1.66. The van der Waals surface area contributed by atoms with Gasteiger partial charge in [0, 0.05) is 37.1 Å². The molecule has 0 aliphatic carbocycles. The molecule has 1 unspecified atom stereocenters. The molecule has 2 fully saturated rings. The molecule has 0 spiro atoms. The van der Waals surface area contributed by atoms with Gasteiger partial charge in [-0.15, -0.1) is 11.3 Å². The summed E-state index contributed by atoms with van der Waals surface area (Å²) in [6, 6.07) is 2.22. The molecular weight excluding hydrogens is 380 g/mol. The Morgan fingerprint density at radius 2 is 2.00 bits per heavy atom. The number of piperazine rings is 1. The fraction of sp³-hybridized carbons (Fsp3) is 0.444. The normalized spacial score (nSPS) is 21.3. The lowest BCUT2D eigenvalue weighted by Crippen LogP contribution is -2.50. The van der Waals surface area contributed by atoms with Crippen LogP contribution in [0.15, 0.2) is 17.6 Å². The van der Waals surface area contributed by atoms with Crippen molar-refractivity contribution in [2.75, 3.05) is 31.1 Å². The van der Waals surface area contributed by atoms with Crippen LogP contribution in [0.25, 0.3) is 21.1 Å². The van der Waals surface area contributed by atoms with E-state index in [9.17, 15) is 17.6 Å². The number of pyridine rings is 1. The number of hydrogen-bond acceptors (Lipinski definition) is 5. The van der Waals surface area contributed by atoms with Crippen LogP contribution in [0.1, 0.15) is 18.4 Å². The molecule has 27 heavy (non-hydrogen) atoms. The molecule has 3 aromatic rings. The van der Waals surface area contributed by atoms with E-state index in [1.807, 2.05) is 0 Å². The van der Waals surface area contributed by atoms with Crippen molar-refractivity contribution in [2.24, 2.45) is 0 Å². The zero-order chi connectivity index (χ0) is 18.8. The van der Waals surface area contributed by atoms with Gasteiger partial charge in [-0.1, -0.05) is 0 Å². The highest BCUT2D eigenvalue weighted by atomic mass is 32.1. The summed E-state index contributed by atoms with van der Waals surface area (Å²) < 4.78 is 54.1. The number of benzene rings is 1. The van der Waals surface area contributed by atoms with Gasteiger partial charge >= 0.3 is 6.18 Å². The number of thiazole rings is 1. The lowest BCUT2D eigenvalue weighted by molar-refractivity contribution is -0.139. The zero-order valence-electron chi connectivity index (χ0n) is 14.3. The summed E-state index contributed by atoms with van der Waals surface area (Å²) in [5.74, 6) is -0.651. The summed E-state index contributed by atoms with van der Waals surface area (Å²) >= 11 is 1.26.